The van der Waals surface area contributed by atoms with Gasteiger partial charge in [-0.2, -0.15) is 0 Å². The smallest absolute Gasteiger partial charge is 0.261 e. The van der Waals surface area contributed by atoms with Gasteiger partial charge < -0.3 is 5.73 Å². The molecule has 0 unspecified atom stereocenters. The fourth-order valence-corrected chi connectivity index (χ4v) is 3.05. The number of hydrogen-bond donors (Lipinski definition) is 2. The summed E-state index contributed by atoms with van der Waals surface area (Å²) in [4.78, 5) is 0.130. The Bertz CT molecular complexity index is 708. The number of nitrogens with two attached hydrogens (primary N) is 1. The van der Waals surface area contributed by atoms with Crippen molar-refractivity contribution in [2.75, 3.05) is 11.3 Å². The van der Waals surface area contributed by atoms with E-state index in [1.165, 1.54) is 18.2 Å². The second kappa shape index (κ2) is 6.24. The van der Waals surface area contributed by atoms with Crippen molar-refractivity contribution in [3.63, 3.8) is 0 Å². The van der Waals surface area contributed by atoms with Crippen molar-refractivity contribution in [2.24, 2.45) is 5.73 Å². The van der Waals surface area contributed by atoms with Crippen LogP contribution >= 0.6 is 0 Å². The second-order valence-corrected chi connectivity index (χ2v) is 6.49. The molecule has 0 spiro atoms. The Balaban J connectivity index is 2.25. The van der Waals surface area contributed by atoms with Gasteiger partial charge in [0.15, 0.2) is 0 Å². The molecule has 0 aromatic heterocycles. The molecular formula is C15H17FN2O2S. The lowest BCUT2D eigenvalue weighted by Crippen LogP contribution is -2.13. The van der Waals surface area contributed by atoms with Crippen molar-refractivity contribution in [1.82, 2.24) is 0 Å². The SMILES string of the molecule is Cc1cc(F)cc(NS(=O)(=O)c2ccc(CCN)cc2)c1. The molecule has 0 bridgehead atoms. The molecule has 2 rings (SSSR count). The number of rotatable bonds is 5. The first-order valence-corrected chi connectivity index (χ1v) is 7.98. The summed E-state index contributed by atoms with van der Waals surface area (Å²) in [5.74, 6) is -0.481. The van der Waals surface area contributed by atoms with E-state index < -0.39 is 15.8 Å². The summed E-state index contributed by atoms with van der Waals surface area (Å²) in [6.45, 7) is 2.20. The zero-order chi connectivity index (χ0) is 15.5. The van der Waals surface area contributed by atoms with Crippen molar-refractivity contribution in [1.29, 1.82) is 0 Å². The largest absolute Gasteiger partial charge is 0.330 e. The van der Waals surface area contributed by atoms with E-state index in [9.17, 15) is 12.8 Å². The molecular weight excluding hydrogens is 291 g/mol. The third kappa shape index (κ3) is 4.03. The molecule has 2 aromatic rings. The maximum absolute atomic E-state index is 13.3. The highest BCUT2D eigenvalue weighted by atomic mass is 32.2. The monoisotopic (exact) mass is 308 g/mol. The maximum atomic E-state index is 13.3. The van der Waals surface area contributed by atoms with Gasteiger partial charge in [0.1, 0.15) is 5.82 Å². The van der Waals surface area contributed by atoms with Crippen molar-refractivity contribution in [3.05, 3.63) is 59.4 Å². The van der Waals surface area contributed by atoms with E-state index in [0.29, 0.717) is 18.5 Å². The number of sulfonamides is 1. The Kier molecular flexibility index (Phi) is 4.59. The second-order valence-electron chi connectivity index (χ2n) is 4.81. The predicted octanol–water partition coefficient (Wildman–Crippen LogP) is 2.44. The number of hydrogen-bond acceptors (Lipinski definition) is 3. The molecule has 0 aliphatic rings. The van der Waals surface area contributed by atoms with E-state index in [4.69, 9.17) is 5.73 Å². The molecule has 0 amide bonds. The fourth-order valence-electron chi connectivity index (χ4n) is 2.01. The molecule has 0 radical (unpaired) electrons. The first kappa shape index (κ1) is 15.5. The molecule has 21 heavy (non-hydrogen) atoms. The van der Waals surface area contributed by atoms with Crippen LogP contribution in [0.25, 0.3) is 0 Å². The highest BCUT2D eigenvalue weighted by Gasteiger charge is 2.14. The number of halogens is 1. The van der Waals surface area contributed by atoms with Crippen molar-refractivity contribution in [2.45, 2.75) is 18.2 Å². The number of aryl methyl sites for hydroxylation is 1. The Morgan fingerprint density at radius 3 is 2.38 bits per heavy atom. The average Bonchev–Trinajstić information content (AvgIpc) is 2.38. The standard InChI is InChI=1S/C15H17FN2O2S/c1-11-8-13(16)10-14(9-11)18-21(19,20)15-4-2-12(3-5-15)6-7-17/h2-5,8-10,18H,6-7,17H2,1H3. The van der Waals surface area contributed by atoms with Gasteiger partial charge in [0, 0.05) is 0 Å². The van der Waals surface area contributed by atoms with Crippen molar-refractivity contribution in [3.8, 4) is 0 Å². The van der Waals surface area contributed by atoms with E-state index >= 15 is 0 Å². The zero-order valence-electron chi connectivity index (χ0n) is 11.6. The van der Waals surface area contributed by atoms with E-state index in [2.05, 4.69) is 4.72 Å². The summed E-state index contributed by atoms with van der Waals surface area (Å²) in [6, 6.07) is 10.5. The Hall–Kier alpha value is -1.92. The topological polar surface area (TPSA) is 72.2 Å². The van der Waals surface area contributed by atoms with E-state index in [1.54, 1.807) is 25.1 Å². The minimum atomic E-state index is -3.73. The van der Waals surface area contributed by atoms with Gasteiger partial charge in [-0.05, 0) is 61.3 Å². The average molecular weight is 308 g/mol. The normalized spacial score (nSPS) is 11.4. The van der Waals surface area contributed by atoms with Crippen LogP contribution in [-0.4, -0.2) is 15.0 Å². The molecule has 0 saturated heterocycles. The Morgan fingerprint density at radius 1 is 1.14 bits per heavy atom. The Labute approximate surface area is 123 Å². The van der Waals surface area contributed by atoms with E-state index in [0.717, 1.165) is 11.6 Å². The van der Waals surface area contributed by atoms with Crippen LogP contribution in [0, 0.1) is 12.7 Å². The van der Waals surface area contributed by atoms with Crippen LogP contribution in [0.2, 0.25) is 0 Å². The maximum Gasteiger partial charge on any atom is 0.261 e. The summed E-state index contributed by atoms with van der Waals surface area (Å²) in [5.41, 5.74) is 7.27. The third-order valence-corrected chi connectivity index (χ3v) is 4.36. The lowest BCUT2D eigenvalue weighted by Gasteiger charge is -2.09. The Morgan fingerprint density at radius 2 is 1.81 bits per heavy atom. The molecule has 0 saturated carbocycles. The third-order valence-electron chi connectivity index (χ3n) is 2.96. The van der Waals surface area contributed by atoms with Crippen LogP contribution in [0.4, 0.5) is 10.1 Å². The van der Waals surface area contributed by atoms with Gasteiger partial charge in [0.25, 0.3) is 10.0 Å². The van der Waals surface area contributed by atoms with E-state index in [1.807, 2.05) is 0 Å². The van der Waals surface area contributed by atoms with E-state index in [-0.39, 0.29) is 10.6 Å². The van der Waals surface area contributed by atoms with Crippen LogP contribution < -0.4 is 10.5 Å². The van der Waals surface area contributed by atoms with Crippen LogP contribution in [-0.2, 0) is 16.4 Å². The molecule has 0 heterocycles. The summed E-state index contributed by atoms with van der Waals surface area (Å²) < 4.78 is 40.1. The fraction of sp³-hybridized carbons (Fsp3) is 0.200. The molecule has 0 aliphatic heterocycles. The number of nitrogens with one attached hydrogen (secondary N) is 1. The molecule has 2 aromatic carbocycles. The highest BCUT2D eigenvalue weighted by molar-refractivity contribution is 7.92. The quantitative estimate of drug-likeness (QED) is 0.891. The summed E-state index contributed by atoms with van der Waals surface area (Å²) in [6.07, 6.45) is 0.691. The van der Waals surface area contributed by atoms with Gasteiger partial charge in [-0.3, -0.25) is 4.72 Å². The first-order valence-electron chi connectivity index (χ1n) is 6.50. The minimum absolute atomic E-state index is 0.130. The molecule has 0 fully saturated rings. The lowest BCUT2D eigenvalue weighted by atomic mass is 10.2. The summed E-state index contributed by atoms with van der Waals surface area (Å²) in [5, 5.41) is 0. The minimum Gasteiger partial charge on any atom is -0.330 e. The molecule has 6 heteroatoms. The molecule has 0 atom stereocenters. The van der Waals surface area contributed by atoms with Gasteiger partial charge >= 0.3 is 0 Å². The van der Waals surface area contributed by atoms with Crippen molar-refractivity contribution >= 4 is 15.7 Å². The van der Waals surface area contributed by atoms with Gasteiger partial charge in [-0.1, -0.05) is 12.1 Å². The summed E-state index contributed by atoms with van der Waals surface area (Å²) >= 11 is 0. The van der Waals surface area contributed by atoms with Crippen LogP contribution in [0.15, 0.2) is 47.4 Å². The lowest BCUT2D eigenvalue weighted by molar-refractivity contribution is 0.601. The summed E-state index contributed by atoms with van der Waals surface area (Å²) in [7, 11) is -3.73. The number of benzene rings is 2. The molecule has 3 N–H and O–H groups in total. The molecule has 112 valence electrons. The van der Waals surface area contributed by atoms with Gasteiger partial charge in [0.05, 0.1) is 10.6 Å². The highest BCUT2D eigenvalue weighted by Crippen LogP contribution is 2.19. The van der Waals surface area contributed by atoms with Crippen LogP contribution in [0.5, 0.6) is 0 Å². The van der Waals surface area contributed by atoms with Gasteiger partial charge in [-0.15, -0.1) is 0 Å². The van der Waals surface area contributed by atoms with Crippen LogP contribution in [0.1, 0.15) is 11.1 Å². The zero-order valence-corrected chi connectivity index (χ0v) is 12.5. The molecule has 0 aliphatic carbocycles. The first-order chi connectivity index (χ1) is 9.90. The van der Waals surface area contributed by atoms with Gasteiger partial charge in [-0.25, -0.2) is 12.8 Å². The van der Waals surface area contributed by atoms with Gasteiger partial charge in [0.2, 0.25) is 0 Å². The predicted molar refractivity (Wildman–Crippen MR) is 81.1 cm³/mol. The van der Waals surface area contributed by atoms with Crippen LogP contribution in [0.3, 0.4) is 0 Å². The van der Waals surface area contributed by atoms with Crippen molar-refractivity contribution < 1.29 is 12.8 Å². The number of anilines is 1. The molecule has 4 nitrogen and oxygen atoms in total.